The lowest BCUT2D eigenvalue weighted by Crippen LogP contribution is -2.47. The van der Waals surface area contributed by atoms with Gasteiger partial charge in [-0.15, -0.1) is 0 Å². The average Bonchev–Trinajstić information content (AvgIpc) is 2.37. The van der Waals surface area contributed by atoms with Crippen molar-refractivity contribution in [2.75, 3.05) is 33.3 Å². The third-order valence-electron chi connectivity index (χ3n) is 3.50. The summed E-state index contributed by atoms with van der Waals surface area (Å²) < 4.78 is 4.80. The van der Waals surface area contributed by atoms with E-state index in [0.29, 0.717) is 5.92 Å². The molecule has 2 atom stereocenters. The Morgan fingerprint density at radius 3 is 3.00 bits per heavy atom. The van der Waals surface area contributed by atoms with E-state index in [2.05, 4.69) is 17.1 Å². The molecule has 1 fully saturated rings. The van der Waals surface area contributed by atoms with Crippen molar-refractivity contribution < 1.29 is 9.53 Å². The number of hydrogen-bond acceptors (Lipinski definition) is 4. The number of ether oxygens (including phenoxy) is 1. The molecular formula is C13H26N2O2. The molecule has 0 amide bonds. The summed E-state index contributed by atoms with van der Waals surface area (Å²) in [6.07, 6.45) is 3.62. The Labute approximate surface area is 105 Å². The molecule has 0 aromatic carbocycles. The van der Waals surface area contributed by atoms with E-state index in [1.54, 1.807) is 0 Å². The molecule has 0 bridgehead atoms. The molecule has 4 nitrogen and oxygen atoms in total. The molecule has 0 aromatic rings. The first-order chi connectivity index (χ1) is 8.19. The lowest BCUT2D eigenvalue weighted by atomic mass is 9.97. The second-order valence-corrected chi connectivity index (χ2v) is 4.91. The summed E-state index contributed by atoms with van der Waals surface area (Å²) >= 11 is 0. The molecule has 100 valence electrons. The van der Waals surface area contributed by atoms with Crippen LogP contribution in [0.5, 0.6) is 0 Å². The molecule has 1 N–H and O–H groups in total. The molecule has 1 heterocycles. The van der Waals surface area contributed by atoms with Crippen LogP contribution in [-0.2, 0) is 9.53 Å². The molecule has 17 heavy (non-hydrogen) atoms. The summed E-state index contributed by atoms with van der Waals surface area (Å²) in [5.74, 6) is 0.551. The molecule has 0 spiro atoms. The normalized spacial score (nSPS) is 23.4. The van der Waals surface area contributed by atoms with E-state index in [9.17, 15) is 4.79 Å². The van der Waals surface area contributed by atoms with E-state index in [4.69, 9.17) is 4.74 Å². The maximum atomic E-state index is 11.5. The molecule has 0 radical (unpaired) electrons. The van der Waals surface area contributed by atoms with Crippen LogP contribution in [0.3, 0.4) is 0 Å². The summed E-state index contributed by atoms with van der Waals surface area (Å²) in [4.78, 5) is 13.7. The minimum Gasteiger partial charge on any atom is -0.468 e. The standard InChI is InChI=1S/C13H26N2O2/c1-4-7-14-9-12-6-5-8-15(10-12)11(2)13(16)17-3/h11-12,14H,4-10H2,1-3H3. The first kappa shape index (κ1) is 14.5. The zero-order valence-electron chi connectivity index (χ0n) is 11.4. The number of nitrogens with one attached hydrogen (secondary N) is 1. The van der Waals surface area contributed by atoms with Gasteiger partial charge in [0, 0.05) is 6.54 Å². The van der Waals surface area contributed by atoms with Gasteiger partial charge in [-0.2, -0.15) is 0 Å². The van der Waals surface area contributed by atoms with Crippen LogP contribution in [0.2, 0.25) is 0 Å². The highest BCUT2D eigenvalue weighted by molar-refractivity contribution is 5.75. The van der Waals surface area contributed by atoms with Gasteiger partial charge in [0.1, 0.15) is 6.04 Å². The van der Waals surface area contributed by atoms with Crippen LogP contribution in [0, 0.1) is 5.92 Å². The number of likely N-dealkylation sites (tertiary alicyclic amines) is 1. The molecule has 2 unspecified atom stereocenters. The van der Waals surface area contributed by atoms with Gasteiger partial charge < -0.3 is 10.1 Å². The van der Waals surface area contributed by atoms with Crippen LogP contribution in [-0.4, -0.2) is 50.2 Å². The van der Waals surface area contributed by atoms with Crippen molar-refractivity contribution in [2.45, 2.75) is 39.2 Å². The van der Waals surface area contributed by atoms with Crippen LogP contribution in [0.15, 0.2) is 0 Å². The van der Waals surface area contributed by atoms with Crippen LogP contribution in [0.25, 0.3) is 0 Å². The van der Waals surface area contributed by atoms with Gasteiger partial charge in [0.25, 0.3) is 0 Å². The van der Waals surface area contributed by atoms with Crippen molar-refractivity contribution in [1.82, 2.24) is 10.2 Å². The predicted molar refractivity (Wildman–Crippen MR) is 68.9 cm³/mol. The maximum Gasteiger partial charge on any atom is 0.322 e. The number of nitrogens with zero attached hydrogens (tertiary/aromatic N) is 1. The number of carbonyl (C=O) groups excluding carboxylic acids is 1. The van der Waals surface area contributed by atoms with Crippen molar-refractivity contribution in [3.8, 4) is 0 Å². The van der Waals surface area contributed by atoms with Gasteiger partial charge in [0.05, 0.1) is 7.11 Å². The molecule has 1 saturated heterocycles. The summed E-state index contributed by atoms with van der Waals surface area (Å²) in [5, 5.41) is 3.46. The van der Waals surface area contributed by atoms with E-state index in [0.717, 1.165) is 26.2 Å². The molecule has 4 heteroatoms. The van der Waals surface area contributed by atoms with Gasteiger partial charge in [-0.25, -0.2) is 0 Å². The van der Waals surface area contributed by atoms with Crippen LogP contribution in [0.4, 0.5) is 0 Å². The van der Waals surface area contributed by atoms with E-state index < -0.39 is 0 Å². The highest BCUT2D eigenvalue weighted by Crippen LogP contribution is 2.18. The van der Waals surface area contributed by atoms with Crippen molar-refractivity contribution in [2.24, 2.45) is 5.92 Å². The van der Waals surface area contributed by atoms with Crippen molar-refractivity contribution in [3.63, 3.8) is 0 Å². The summed E-state index contributed by atoms with van der Waals surface area (Å²) in [6, 6.07) is -0.103. The smallest absolute Gasteiger partial charge is 0.322 e. The van der Waals surface area contributed by atoms with Gasteiger partial charge in [0.2, 0.25) is 0 Å². The summed E-state index contributed by atoms with van der Waals surface area (Å²) in [7, 11) is 1.46. The number of rotatable bonds is 6. The molecular weight excluding hydrogens is 216 g/mol. The number of esters is 1. The maximum absolute atomic E-state index is 11.5. The van der Waals surface area contributed by atoms with Gasteiger partial charge >= 0.3 is 5.97 Å². The number of piperidine rings is 1. The highest BCUT2D eigenvalue weighted by Gasteiger charge is 2.27. The predicted octanol–water partition coefficient (Wildman–Crippen LogP) is 1.26. The van der Waals surface area contributed by atoms with Crippen LogP contribution >= 0.6 is 0 Å². The first-order valence-corrected chi connectivity index (χ1v) is 6.71. The minimum atomic E-state index is -0.118. The lowest BCUT2D eigenvalue weighted by Gasteiger charge is -2.35. The Balaban J connectivity index is 2.35. The Morgan fingerprint density at radius 1 is 1.59 bits per heavy atom. The molecule has 0 saturated carbocycles. The second-order valence-electron chi connectivity index (χ2n) is 4.91. The fourth-order valence-corrected chi connectivity index (χ4v) is 2.42. The Morgan fingerprint density at radius 2 is 2.35 bits per heavy atom. The van der Waals surface area contributed by atoms with Gasteiger partial charge in [-0.3, -0.25) is 9.69 Å². The number of hydrogen-bond donors (Lipinski definition) is 1. The fourth-order valence-electron chi connectivity index (χ4n) is 2.42. The average molecular weight is 242 g/mol. The van der Waals surface area contributed by atoms with Crippen molar-refractivity contribution in [1.29, 1.82) is 0 Å². The van der Waals surface area contributed by atoms with E-state index in [1.165, 1.54) is 26.4 Å². The molecule has 0 aliphatic carbocycles. The monoisotopic (exact) mass is 242 g/mol. The minimum absolute atomic E-state index is 0.103. The Hall–Kier alpha value is -0.610. The van der Waals surface area contributed by atoms with Crippen molar-refractivity contribution in [3.05, 3.63) is 0 Å². The molecule has 1 rings (SSSR count). The SMILES string of the molecule is CCCNCC1CCCN(C(C)C(=O)OC)C1. The van der Waals surface area contributed by atoms with Gasteiger partial charge in [-0.1, -0.05) is 6.92 Å². The zero-order valence-corrected chi connectivity index (χ0v) is 11.4. The number of methoxy groups -OCH3 is 1. The fraction of sp³-hybridized carbons (Fsp3) is 0.923. The van der Waals surface area contributed by atoms with Crippen LogP contribution in [0.1, 0.15) is 33.1 Å². The van der Waals surface area contributed by atoms with Gasteiger partial charge in [-0.05, 0) is 51.7 Å². The third-order valence-corrected chi connectivity index (χ3v) is 3.50. The van der Waals surface area contributed by atoms with Crippen LogP contribution < -0.4 is 5.32 Å². The Bertz CT molecular complexity index is 233. The summed E-state index contributed by atoms with van der Waals surface area (Å²) in [5.41, 5.74) is 0. The molecule has 1 aliphatic heterocycles. The van der Waals surface area contributed by atoms with Gasteiger partial charge in [0.15, 0.2) is 0 Å². The topological polar surface area (TPSA) is 41.6 Å². The van der Waals surface area contributed by atoms with E-state index in [1.807, 2.05) is 6.92 Å². The molecule has 1 aliphatic rings. The number of carbonyl (C=O) groups is 1. The zero-order chi connectivity index (χ0) is 12.7. The van der Waals surface area contributed by atoms with E-state index in [-0.39, 0.29) is 12.0 Å². The van der Waals surface area contributed by atoms with E-state index >= 15 is 0 Å². The second kappa shape index (κ2) is 7.67. The summed E-state index contributed by atoms with van der Waals surface area (Å²) in [6.45, 7) is 8.29. The lowest BCUT2D eigenvalue weighted by molar-refractivity contribution is -0.147. The van der Waals surface area contributed by atoms with Crippen molar-refractivity contribution >= 4 is 5.97 Å². The highest BCUT2D eigenvalue weighted by atomic mass is 16.5. The molecule has 0 aromatic heterocycles. The Kier molecular flexibility index (Phi) is 6.52. The quantitative estimate of drug-likeness (QED) is 0.562. The first-order valence-electron chi connectivity index (χ1n) is 6.71. The largest absolute Gasteiger partial charge is 0.468 e. The third kappa shape index (κ3) is 4.64.